The molecule has 18 heavy (non-hydrogen) atoms. The molecule has 2 aliphatic rings. The smallest absolute Gasteiger partial charge is 0.142 e. The van der Waals surface area contributed by atoms with Crippen LogP contribution in [0, 0.1) is 0 Å². The lowest BCUT2D eigenvalue weighted by Crippen LogP contribution is -2.48. The number of fused-ring (bicyclic) bond motifs is 2. The van der Waals surface area contributed by atoms with E-state index in [1.165, 1.54) is 31.4 Å². The molecule has 2 heterocycles. The molecule has 98 valence electrons. The summed E-state index contributed by atoms with van der Waals surface area (Å²) < 4.78 is 5.52. The predicted octanol–water partition coefficient (Wildman–Crippen LogP) is 2.41. The van der Waals surface area contributed by atoms with Gasteiger partial charge in [0.05, 0.1) is 12.8 Å². The Morgan fingerprint density at radius 3 is 2.44 bits per heavy atom. The summed E-state index contributed by atoms with van der Waals surface area (Å²) in [5.74, 6) is 1.01. The average Bonchev–Trinajstić information content (AvgIpc) is 2.68. The fraction of sp³-hybridized carbons (Fsp3) is 0.600. The molecule has 1 N–H and O–H groups in total. The van der Waals surface area contributed by atoms with Gasteiger partial charge in [0.25, 0.3) is 0 Å². The van der Waals surface area contributed by atoms with Gasteiger partial charge in [0.2, 0.25) is 0 Å². The fourth-order valence-electron chi connectivity index (χ4n) is 3.65. The van der Waals surface area contributed by atoms with Gasteiger partial charge in [0.1, 0.15) is 5.75 Å². The summed E-state index contributed by atoms with van der Waals surface area (Å²) in [5, 5.41) is 3.45. The first-order chi connectivity index (χ1) is 8.83. The highest BCUT2D eigenvalue weighted by atomic mass is 16.5. The third kappa shape index (κ3) is 1.87. The monoisotopic (exact) mass is 246 g/mol. The maximum Gasteiger partial charge on any atom is 0.142 e. The van der Waals surface area contributed by atoms with Crippen molar-refractivity contribution in [2.24, 2.45) is 0 Å². The number of benzene rings is 1. The van der Waals surface area contributed by atoms with Gasteiger partial charge < -0.3 is 15.0 Å². The molecular weight excluding hydrogens is 224 g/mol. The van der Waals surface area contributed by atoms with Gasteiger partial charge in [-0.3, -0.25) is 0 Å². The van der Waals surface area contributed by atoms with E-state index >= 15 is 0 Å². The third-order valence-electron chi connectivity index (χ3n) is 4.50. The lowest BCUT2D eigenvalue weighted by Gasteiger charge is -2.41. The van der Waals surface area contributed by atoms with Crippen molar-refractivity contribution >= 4 is 5.69 Å². The molecule has 0 saturated carbocycles. The second-order valence-corrected chi connectivity index (χ2v) is 5.42. The molecule has 0 radical (unpaired) electrons. The lowest BCUT2D eigenvalue weighted by atomic mass is 9.96. The molecule has 1 aromatic carbocycles. The Morgan fingerprint density at radius 2 is 1.83 bits per heavy atom. The normalized spacial score (nSPS) is 30.6. The summed E-state index contributed by atoms with van der Waals surface area (Å²) in [6, 6.07) is 10.5. The molecule has 2 saturated heterocycles. The van der Waals surface area contributed by atoms with Crippen molar-refractivity contribution in [2.45, 2.75) is 43.8 Å². The van der Waals surface area contributed by atoms with Crippen molar-refractivity contribution in [2.75, 3.05) is 19.1 Å². The van der Waals surface area contributed by atoms with Gasteiger partial charge in [0.15, 0.2) is 0 Å². The Bertz CT molecular complexity index is 407. The Kier molecular flexibility index (Phi) is 3.16. The van der Waals surface area contributed by atoms with Gasteiger partial charge in [-0.1, -0.05) is 12.1 Å². The summed E-state index contributed by atoms with van der Waals surface area (Å²) in [6.07, 6.45) is 5.15. The van der Waals surface area contributed by atoms with E-state index in [1.807, 2.05) is 6.07 Å². The quantitative estimate of drug-likeness (QED) is 0.886. The van der Waals surface area contributed by atoms with Gasteiger partial charge in [-0.2, -0.15) is 0 Å². The van der Waals surface area contributed by atoms with Gasteiger partial charge in [-0.05, 0) is 44.9 Å². The van der Waals surface area contributed by atoms with Gasteiger partial charge in [-0.25, -0.2) is 0 Å². The van der Waals surface area contributed by atoms with Gasteiger partial charge in [0, 0.05) is 18.1 Å². The van der Waals surface area contributed by atoms with Crippen molar-refractivity contribution in [3.8, 4) is 5.75 Å². The fourth-order valence-corrected chi connectivity index (χ4v) is 3.65. The molecule has 3 nitrogen and oxygen atoms in total. The summed E-state index contributed by atoms with van der Waals surface area (Å²) in [6.45, 7) is 0. The van der Waals surface area contributed by atoms with Crippen molar-refractivity contribution < 1.29 is 4.74 Å². The van der Waals surface area contributed by atoms with E-state index in [4.69, 9.17) is 4.74 Å². The molecule has 3 heteroatoms. The van der Waals surface area contributed by atoms with Crippen LogP contribution in [0.3, 0.4) is 0 Å². The Labute approximate surface area is 109 Å². The summed E-state index contributed by atoms with van der Waals surface area (Å²) >= 11 is 0. The SMILES string of the molecule is CNC1CC2CCC(C1)N2c1ccccc1OC. The highest BCUT2D eigenvalue weighted by molar-refractivity contribution is 5.61. The van der Waals surface area contributed by atoms with Crippen LogP contribution in [0.1, 0.15) is 25.7 Å². The van der Waals surface area contributed by atoms with Gasteiger partial charge in [-0.15, -0.1) is 0 Å². The number of nitrogens with one attached hydrogen (secondary N) is 1. The van der Waals surface area contributed by atoms with E-state index < -0.39 is 0 Å². The van der Waals surface area contributed by atoms with Gasteiger partial charge >= 0.3 is 0 Å². The van der Waals surface area contributed by atoms with E-state index in [-0.39, 0.29) is 0 Å². The minimum atomic E-state index is 0.678. The lowest BCUT2D eigenvalue weighted by molar-refractivity contribution is 0.365. The van der Waals surface area contributed by atoms with Crippen LogP contribution in [0.2, 0.25) is 0 Å². The number of hydrogen-bond acceptors (Lipinski definition) is 3. The standard InChI is InChI=1S/C15H22N2O/c1-16-11-9-12-7-8-13(10-11)17(12)14-5-3-4-6-15(14)18-2/h3-6,11-13,16H,7-10H2,1-2H3. The summed E-state index contributed by atoms with van der Waals surface area (Å²) in [7, 11) is 3.85. The number of ether oxygens (including phenoxy) is 1. The molecule has 0 amide bonds. The second kappa shape index (κ2) is 4.81. The van der Waals surface area contributed by atoms with E-state index in [0.717, 1.165) is 5.75 Å². The first-order valence-electron chi connectivity index (χ1n) is 6.92. The van der Waals surface area contributed by atoms with Crippen LogP contribution in [-0.4, -0.2) is 32.3 Å². The van der Waals surface area contributed by atoms with E-state index in [2.05, 4.69) is 35.5 Å². The molecule has 0 spiro atoms. The number of nitrogens with zero attached hydrogens (tertiary/aromatic N) is 1. The van der Waals surface area contributed by atoms with E-state index in [1.54, 1.807) is 7.11 Å². The van der Waals surface area contributed by atoms with Crippen molar-refractivity contribution in [3.63, 3.8) is 0 Å². The maximum absolute atomic E-state index is 5.52. The Hall–Kier alpha value is -1.22. The molecule has 1 aromatic rings. The predicted molar refractivity (Wildman–Crippen MR) is 74.4 cm³/mol. The third-order valence-corrected chi connectivity index (χ3v) is 4.50. The molecular formula is C15H22N2O. The van der Waals surface area contributed by atoms with E-state index in [9.17, 15) is 0 Å². The second-order valence-electron chi connectivity index (χ2n) is 5.42. The minimum absolute atomic E-state index is 0.678. The van der Waals surface area contributed by atoms with Crippen LogP contribution in [0.4, 0.5) is 5.69 Å². The van der Waals surface area contributed by atoms with Crippen LogP contribution in [-0.2, 0) is 0 Å². The number of piperidine rings is 1. The molecule has 2 aliphatic heterocycles. The van der Waals surface area contributed by atoms with Crippen molar-refractivity contribution in [1.82, 2.24) is 5.32 Å². The number of para-hydroxylation sites is 2. The van der Waals surface area contributed by atoms with Crippen LogP contribution in [0.25, 0.3) is 0 Å². The highest BCUT2D eigenvalue weighted by Gasteiger charge is 2.41. The summed E-state index contributed by atoms with van der Waals surface area (Å²) in [5.41, 5.74) is 1.28. The zero-order chi connectivity index (χ0) is 12.5. The zero-order valence-corrected chi connectivity index (χ0v) is 11.2. The van der Waals surface area contributed by atoms with E-state index in [0.29, 0.717) is 18.1 Å². The van der Waals surface area contributed by atoms with Crippen LogP contribution in [0.15, 0.2) is 24.3 Å². The summed E-state index contributed by atoms with van der Waals surface area (Å²) in [4.78, 5) is 2.60. The molecule has 0 aromatic heterocycles. The number of rotatable bonds is 3. The molecule has 2 unspecified atom stereocenters. The zero-order valence-electron chi connectivity index (χ0n) is 11.2. The minimum Gasteiger partial charge on any atom is -0.495 e. The number of anilines is 1. The first kappa shape index (κ1) is 11.8. The molecule has 0 aliphatic carbocycles. The molecule has 2 atom stereocenters. The Balaban J connectivity index is 1.89. The van der Waals surface area contributed by atoms with Crippen molar-refractivity contribution in [3.05, 3.63) is 24.3 Å². The van der Waals surface area contributed by atoms with Crippen molar-refractivity contribution in [1.29, 1.82) is 0 Å². The maximum atomic E-state index is 5.52. The Morgan fingerprint density at radius 1 is 1.17 bits per heavy atom. The number of hydrogen-bond donors (Lipinski definition) is 1. The topological polar surface area (TPSA) is 24.5 Å². The van der Waals surface area contributed by atoms with Crippen LogP contribution < -0.4 is 15.0 Å². The molecule has 2 bridgehead atoms. The van der Waals surface area contributed by atoms with Crippen LogP contribution in [0.5, 0.6) is 5.75 Å². The largest absolute Gasteiger partial charge is 0.495 e. The number of methoxy groups -OCH3 is 1. The molecule has 2 fully saturated rings. The highest BCUT2D eigenvalue weighted by Crippen LogP contribution is 2.42. The molecule has 3 rings (SSSR count). The first-order valence-corrected chi connectivity index (χ1v) is 6.92. The average molecular weight is 246 g/mol. The van der Waals surface area contributed by atoms with Crippen LogP contribution >= 0.6 is 0 Å².